The fourth-order valence-electron chi connectivity index (χ4n) is 4.71. The molecule has 6 nitrogen and oxygen atoms in total. The zero-order valence-corrected chi connectivity index (χ0v) is 20.3. The average molecular weight is 505 g/mol. The summed E-state index contributed by atoms with van der Waals surface area (Å²) < 4.78 is 52.7. The van der Waals surface area contributed by atoms with Gasteiger partial charge in [-0.3, -0.25) is 10.3 Å². The van der Waals surface area contributed by atoms with Gasteiger partial charge in [0.1, 0.15) is 17.5 Å². The minimum absolute atomic E-state index is 0.0293. The van der Waals surface area contributed by atoms with Crippen LogP contribution in [0.2, 0.25) is 0 Å². The molecule has 0 spiro atoms. The quantitative estimate of drug-likeness (QED) is 0.305. The fraction of sp³-hybridized carbons (Fsp3) is 0.423. The highest BCUT2D eigenvalue weighted by Gasteiger charge is 2.33. The van der Waals surface area contributed by atoms with Crippen molar-refractivity contribution in [2.45, 2.75) is 18.6 Å². The third-order valence-electron chi connectivity index (χ3n) is 6.98. The highest BCUT2D eigenvalue weighted by Crippen LogP contribution is 2.32. The van der Waals surface area contributed by atoms with Gasteiger partial charge in [0.25, 0.3) is 0 Å². The van der Waals surface area contributed by atoms with Crippen molar-refractivity contribution in [3.8, 4) is 0 Å². The second kappa shape index (κ2) is 10.9. The first-order valence-corrected chi connectivity index (χ1v) is 12.1. The van der Waals surface area contributed by atoms with E-state index in [0.717, 1.165) is 43.8 Å². The molecule has 36 heavy (non-hydrogen) atoms. The van der Waals surface area contributed by atoms with E-state index >= 15 is 0 Å². The lowest BCUT2D eigenvalue weighted by molar-refractivity contribution is -0.137. The fourth-order valence-corrected chi connectivity index (χ4v) is 4.71. The van der Waals surface area contributed by atoms with E-state index in [2.05, 4.69) is 15.1 Å². The molecule has 2 heterocycles. The second-order valence-electron chi connectivity index (χ2n) is 9.21. The number of amidine groups is 1. The van der Waals surface area contributed by atoms with Gasteiger partial charge in [-0.25, -0.2) is 4.39 Å². The molecular weight excluding hydrogens is 472 g/mol. The van der Waals surface area contributed by atoms with Gasteiger partial charge in [-0.1, -0.05) is 24.3 Å². The Morgan fingerprint density at radius 2 is 1.58 bits per heavy atom. The smallest absolute Gasteiger partial charge is 0.385 e. The monoisotopic (exact) mass is 504 g/mol. The molecule has 2 aromatic rings. The molecule has 2 aliphatic rings. The summed E-state index contributed by atoms with van der Waals surface area (Å²) in [5, 5.41) is 11.8. The summed E-state index contributed by atoms with van der Waals surface area (Å²) in [4.78, 5) is 6.54. The van der Waals surface area contributed by atoms with Crippen LogP contribution in [0.1, 0.15) is 29.2 Å². The Labute approximate surface area is 208 Å². The number of piperazine rings is 1. The van der Waals surface area contributed by atoms with Crippen molar-refractivity contribution in [3.05, 3.63) is 76.9 Å². The summed E-state index contributed by atoms with van der Waals surface area (Å²) in [5.41, 5.74) is 7.55. The lowest BCUT2D eigenvalue weighted by atomic mass is 9.99. The molecule has 2 aliphatic heterocycles. The molecule has 4 N–H and O–H groups in total. The zero-order chi connectivity index (χ0) is 25.9. The minimum atomic E-state index is -4.36. The number of nitrogens with one attached hydrogen (secondary N) is 2. The SMILES string of the molecule is CN/C(N)=C(\C(=N)N1CCN(C(CN2CCC2)c2ccc(C(F)(F)F)cc2)CC1)c1ccc(F)cc1. The number of nitrogens with zero attached hydrogens (tertiary/aromatic N) is 3. The van der Waals surface area contributed by atoms with E-state index in [1.807, 2.05) is 4.90 Å². The van der Waals surface area contributed by atoms with E-state index in [-0.39, 0.29) is 17.7 Å². The number of nitrogens with two attached hydrogens (primary N) is 1. The molecule has 1 unspecified atom stereocenters. The van der Waals surface area contributed by atoms with E-state index in [1.54, 1.807) is 31.3 Å². The molecule has 2 saturated heterocycles. The molecule has 4 rings (SSSR count). The van der Waals surface area contributed by atoms with Crippen LogP contribution < -0.4 is 11.1 Å². The van der Waals surface area contributed by atoms with Crippen molar-refractivity contribution in [1.82, 2.24) is 20.0 Å². The molecule has 0 saturated carbocycles. The van der Waals surface area contributed by atoms with Gasteiger partial charge >= 0.3 is 6.18 Å². The third-order valence-corrected chi connectivity index (χ3v) is 6.98. The van der Waals surface area contributed by atoms with Crippen molar-refractivity contribution in [2.75, 3.05) is 52.9 Å². The Bertz CT molecular complexity index is 1070. The molecule has 194 valence electrons. The molecule has 2 fully saturated rings. The van der Waals surface area contributed by atoms with Crippen molar-refractivity contribution < 1.29 is 17.6 Å². The van der Waals surface area contributed by atoms with Gasteiger partial charge < -0.3 is 20.9 Å². The molecule has 0 amide bonds. The Balaban J connectivity index is 1.49. The Morgan fingerprint density at radius 3 is 2.08 bits per heavy atom. The van der Waals surface area contributed by atoms with Gasteiger partial charge in [0, 0.05) is 45.8 Å². The van der Waals surface area contributed by atoms with E-state index in [9.17, 15) is 17.6 Å². The van der Waals surface area contributed by atoms with Crippen molar-refractivity contribution in [2.24, 2.45) is 5.73 Å². The predicted molar refractivity (Wildman–Crippen MR) is 133 cm³/mol. The number of halogens is 4. The van der Waals surface area contributed by atoms with Crippen LogP contribution >= 0.6 is 0 Å². The highest BCUT2D eigenvalue weighted by molar-refractivity contribution is 6.21. The number of rotatable bonds is 7. The number of hydrogen-bond donors (Lipinski definition) is 3. The lowest BCUT2D eigenvalue weighted by Crippen LogP contribution is -2.52. The van der Waals surface area contributed by atoms with Gasteiger partial charge in [0.15, 0.2) is 0 Å². The first-order valence-electron chi connectivity index (χ1n) is 12.1. The molecule has 0 bridgehead atoms. The molecule has 10 heteroatoms. The maximum Gasteiger partial charge on any atom is 0.416 e. The molecule has 0 aliphatic carbocycles. The standard InChI is InChI=1S/C26H32F4N6/c1-33-24(31)23(19-5-9-21(27)10-6-19)25(32)36-15-13-35(14-16-36)22(17-34-11-2-12-34)18-3-7-20(8-4-18)26(28,29)30/h3-10,22,32-33H,2,11-17,31H2,1H3/b24-23-,32-25?. The summed E-state index contributed by atoms with van der Waals surface area (Å²) >= 11 is 0. The number of likely N-dealkylation sites (tertiary alicyclic amines) is 1. The predicted octanol–water partition coefficient (Wildman–Crippen LogP) is 3.73. The van der Waals surface area contributed by atoms with Crippen molar-refractivity contribution in [1.29, 1.82) is 5.41 Å². The van der Waals surface area contributed by atoms with Crippen LogP contribution in [0.15, 0.2) is 54.4 Å². The summed E-state index contributed by atoms with van der Waals surface area (Å²) in [6.07, 6.45) is -3.22. The maximum atomic E-state index is 13.5. The van der Waals surface area contributed by atoms with Crippen LogP contribution in [-0.4, -0.2) is 73.4 Å². The summed E-state index contributed by atoms with van der Waals surface area (Å²) in [6, 6.07) is 11.4. The third kappa shape index (κ3) is 5.82. The summed E-state index contributed by atoms with van der Waals surface area (Å²) in [6.45, 7) is 5.19. The van der Waals surface area contributed by atoms with Gasteiger partial charge in [0.2, 0.25) is 0 Å². The van der Waals surface area contributed by atoms with Crippen LogP contribution in [0, 0.1) is 11.2 Å². The molecular formula is C26H32F4N6. The van der Waals surface area contributed by atoms with E-state index in [0.29, 0.717) is 43.1 Å². The van der Waals surface area contributed by atoms with E-state index < -0.39 is 11.7 Å². The largest absolute Gasteiger partial charge is 0.416 e. The van der Waals surface area contributed by atoms with Crippen LogP contribution in [0.3, 0.4) is 0 Å². The Morgan fingerprint density at radius 1 is 0.972 bits per heavy atom. The number of benzene rings is 2. The molecule has 0 radical (unpaired) electrons. The van der Waals surface area contributed by atoms with Gasteiger partial charge in [0.05, 0.1) is 11.1 Å². The van der Waals surface area contributed by atoms with Crippen LogP contribution in [0.4, 0.5) is 17.6 Å². The lowest BCUT2D eigenvalue weighted by Gasteiger charge is -2.43. The Kier molecular flexibility index (Phi) is 7.85. The highest BCUT2D eigenvalue weighted by atomic mass is 19.4. The Hall–Kier alpha value is -3.11. The average Bonchev–Trinajstić information content (AvgIpc) is 2.84. The number of alkyl halides is 3. The van der Waals surface area contributed by atoms with E-state index in [4.69, 9.17) is 11.1 Å². The van der Waals surface area contributed by atoms with Gasteiger partial charge in [-0.2, -0.15) is 13.2 Å². The normalized spacial score (nSPS) is 18.9. The maximum absolute atomic E-state index is 13.5. The van der Waals surface area contributed by atoms with Gasteiger partial charge in [-0.05, 0) is 54.9 Å². The topological polar surface area (TPSA) is 71.6 Å². The first-order chi connectivity index (χ1) is 17.2. The molecule has 1 atom stereocenters. The van der Waals surface area contributed by atoms with E-state index in [1.165, 1.54) is 12.1 Å². The molecule has 0 aromatic heterocycles. The van der Waals surface area contributed by atoms with Gasteiger partial charge in [-0.15, -0.1) is 0 Å². The van der Waals surface area contributed by atoms with Crippen LogP contribution in [-0.2, 0) is 6.18 Å². The number of hydrogen-bond acceptors (Lipinski definition) is 5. The minimum Gasteiger partial charge on any atom is -0.385 e. The van der Waals surface area contributed by atoms with Crippen LogP contribution in [0.25, 0.3) is 5.57 Å². The zero-order valence-electron chi connectivity index (χ0n) is 20.3. The van der Waals surface area contributed by atoms with Crippen molar-refractivity contribution in [3.63, 3.8) is 0 Å². The second-order valence-corrected chi connectivity index (χ2v) is 9.21. The van der Waals surface area contributed by atoms with Crippen LogP contribution in [0.5, 0.6) is 0 Å². The molecule has 2 aromatic carbocycles. The summed E-state index contributed by atoms with van der Waals surface area (Å²) in [7, 11) is 1.68. The first kappa shape index (κ1) is 26.0. The summed E-state index contributed by atoms with van der Waals surface area (Å²) in [5.74, 6) is 0.217. The van der Waals surface area contributed by atoms with Crippen molar-refractivity contribution >= 4 is 11.4 Å².